The van der Waals surface area contributed by atoms with Crippen LogP contribution < -0.4 is 17.2 Å². The second-order valence-electron chi connectivity index (χ2n) is 20.3. The molecule has 10 rings (SSSR count). The van der Waals surface area contributed by atoms with E-state index in [9.17, 15) is 41.5 Å². The number of halogens is 4. The molecule has 2 aliphatic heterocycles. The number of nitrogens with two attached hydrogens (primary N) is 3. The van der Waals surface area contributed by atoms with Crippen LogP contribution >= 0.6 is 0 Å². The fraction of sp³-hybridized carbons (Fsp3) is 0.250. The quantitative estimate of drug-likeness (QED) is 0.0395. The van der Waals surface area contributed by atoms with Gasteiger partial charge in [-0.1, -0.05) is 60.7 Å². The van der Waals surface area contributed by atoms with Crippen molar-refractivity contribution in [2.45, 2.75) is 78.6 Å². The molecule has 0 spiro atoms. The summed E-state index contributed by atoms with van der Waals surface area (Å²) in [7, 11) is 0. The summed E-state index contributed by atoms with van der Waals surface area (Å²) in [4.78, 5) is 83.3. The third kappa shape index (κ3) is 13.9. The highest BCUT2D eigenvalue weighted by Crippen LogP contribution is 2.35. The van der Waals surface area contributed by atoms with Gasteiger partial charge in [-0.05, 0) is 120 Å². The molecule has 4 heterocycles. The minimum atomic E-state index is -1.13. The molecule has 6 aromatic carbocycles. The van der Waals surface area contributed by atoms with Crippen LogP contribution in [0.1, 0.15) is 88.0 Å². The third-order valence-electron chi connectivity index (χ3n) is 13.2. The van der Waals surface area contributed by atoms with Crippen molar-refractivity contribution in [3.63, 3.8) is 0 Å². The van der Waals surface area contributed by atoms with Gasteiger partial charge in [0, 0.05) is 61.0 Å². The van der Waals surface area contributed by atoms with Crippen molar-refractivity contribution in [2.75, 3.05) is 31.2 Å². The predicted octanol–water partition coefficient (Wildman–Crippen LogP) is 10.0. The number of nitrogens with zero attached hydrogens (tertiary/aromatic N) is 6. The summed E-state index contributed by atoms with van der Waals surface area (Å²) in [6, 6.07) is 29.0. The SMILES string of the molecule is CC(C)(C)OC(=O)CCCOC(=O)OCc1cc(F)c(F)cc1-c1ccc2nc(N)nc(C(=O)N3Cc4ccccc4C3)c2c1.NCCOC(=O)OCc1cc(F)c(F)cc1-c1ccc2nc(N)nc(C(=O)N3Cc4ccccc4C3)c2c1. The fourth-order valence-corrected chi connectivity index (χ4v) is 9.42. The van der Waals surface area contributed by atoms with Crippen LogP contribution in [-0.2, 0) is 67.9 Å². The summed E-state index contributed by atoms with van der Waals surface area (Å²) < 4.78 is 82.4. The second-order valence-corrected chi connectivity index (χ2v) is 20.3. The number of carbonyl (C=O) groups excluding carboxylic acids is 5. The Labute approximate surface area is 472 Å². The standard InChI is InChI=1S/C33H32F2N4O6.C27H23F2N5O4/c1-33(2,3)45-28(40)9-6-12-43-32(42)44-18-22-14-25(34)26(35)15-23(22)19-10-11-27-24(13-19)29(38-31(36)37-27)30(41)39-16-20-7-4-5-8-21(20)17-39;28-21-10-18(14-38-27(36)37-8-7-30)19(11-22(21)29)15-5-6-23-20(9-15)24(33-26(31)32-23)25(35)34-12-16-3-1-2-4-17(16)13-34/h4-5,7-8,10-11,13-15H,6,9,12,16-18H2,1-3H3,(H2,36,37,38);1-6,9-11H,7-8,12-14,30H2,(H2,31,32,33). The van der Waals surface area contributed by atoms with Gasteiger partial charge in [-0.25, -0.2) is 47.1 Å². The lowest BCUT2D eigenvalue weighted by Gasteiger charge is -2.19. The molecule has 19 nitrogen and oxygen atoms in total. The maximum atomic E-state index is 14.5. The molecule has 0 fully saturated rings. The Bertz CT molecular complexity index is 3790. The summed E-state index contributed by atoms with van der Waals surface area (Å²) >= 11 is 0. The molecule has 2 aromatic heterocycles. The number of aromatic nitrogens is 4. The molecule has 0 saturated heterocycles. The number of hydrogen-bond donors (Lipinski definition) is 3. The Morgan fingerprint density at radius 3 is 1.33 bits per heavy atom. The minimum absolute atomic E-state index is 0.0455. The Hall–Kier alpha value is -9.77. The summed E-state index contributed by atoms with van der Waals surface area (Å²) in [5.74, 6) is -5.71. The highest BCUT2D eigenvalue weighted by molar-refractivity contribution is 6.07. The normalized spacial score (nSPS) is 12.5. The van der Waals surface area contributed by atoms with Gasteiger partial charge in [0.25, 0.3) is 11.8 Å². The molecule has 0 unspecified atom stereocenters. The van der Waals surface area contributed by atoms with E-state index >= 15 is 0 Å². The molecule has 2 aliphatic rings. The van der Waals surface area contributed by atoms with Crippen molar-refractivity contribution >= 4 is 63.8 Å². The van der Waals surface area contributed by atoms with Crippen molar-refractivity contribution in [2.24, 2.45) is 5.73 Å². The predicted molar refractivity (Wildman–Crippen MR) is 295 cm³/mol. The molecule has 8 aromatic rings. The molecule has 0 bridgehead atoms. The van der Waals surface area contributed by atoms with Crippen LogP contribution in [0.5, 0.6) is 0 Å². The third-order valence-corrected chi connectivity index (χ3v) is 13.2. The first kappa shape index (κ1) is 57.9. The average Bonchev–Trinajstić information content (AvgIpc) is 4.11. The van der Waals surface area contributed by atoms with Gasteiger partial charge in [-0.15, -0.1) is 0 Å². The zero-order chi connectivity index (χ0) is 59.1. The van der Waals surface area contributed by atoms with E-state index in [2.05, 4.69) is 19.9 Å². The van der Waals surface area contributed by atoms with Crippen molar-refractivity contribution in [1.82, 2.24) is 29.7 Å². The first-order valence-electron chi connectivity index (χ1n) is 26.1. The topological polar surface area (TPSA) is 268 Å². The van der Waals surface area contributed by atoms with Gasteiger partial charge in [0.1, 0.15) is 36.8 Å². The van der Waals surface area contributed by atoms with E-state index in [-0.39, 0.29) is 96.6 Å². The zero-order valence-electron chi connectivity index (χ0n) is 45.2. The van der Waals surface area contributed by atoms with Crippen molar-refractivity contribution in [3.05, 3.63) is 177 Å². The lowest BCUT2D eigenvalue weighted by atomic mass is 9.97. The highest BCUT2D eigenvalue weighted by atomic mass is 19.2. The lowest BCUT2D eigenvalue weighted by Crippen LogP contribution is -2.27. The van der Waals surface area contributed by atoms with E-state index < -0.39 is 53.8 Å². The van der Waals surface area contributed by atoms with Crippen molar-refractivity contribution < 1.29 is 65.2 Å². The highest BCUT2D eigenvalue weighted by Gasteiger charge is 2.29. The maximum Gasteiger partial charge on any atom is 0.508 e. The first-order chi connectivity index (χ1) is 39.7. The molecular weight excluding hydrogens is 1080 g/mol. The maximum absolute atomic E-state index is 14.5. The molecule has 0 saturated carbocycles. The number of ether oxygens (including phenoxy) is 5. The molecule has 23 heteroatoms. The number of carbonyl (C=O) groups is 5. The second kappa shape index (κ2) is 24.9. The Morgan fingerprint density at radius 1 is 0.530 bits per heavy atom. The minimum Gasteiger partial charge on any atom is -0.460 e. The van der Waals surface area contributed by atoms with E-state index in [0.29, 0.717) is 59.1 Å². The van der Waals surface area contributed by atoms with Crippen LogP contribution in [0.25, 0.3) is 44.1 Å². The van der Waals surface area contributed by atoms with E-state index in [1.165, 1.54) is 0 Å². The van der Waals surface area contributed by atoms with E-state index in [1.807, 2.05) is 48.5 Å². The van der Waals surface area contributed by atoms with E-state index in [0.717, 1.165) is 46.5 Å². The van der Waals surface area contributed by atoms with Gasteiger partial charge in [0.2, 0.25) is 11.9 Å². The molecular formula is C60H55F4N9O10. The number of rotatable bonds is 14. The zero-order valence-corrected chi connectivity index (χ0v) is 45.2. The van der Waals surface area contributed by atoms with E-state index in [4.69, 9.17) is 40.9 Å². The molecule has 0 aliphatic carbocycles. The van der Waals surface area contributed by atoms with Crippen LogP contribution in [0, 0.1) is 23.3 Å². The number of amides is 2. The fourth-order valence-electron chi connectivity index (χ4n) is 9.42. The Kier molecular flexibility index (Phi) is 17.4. The number of hydrogen-bond acceptors (Lipinski definition) is 17. The van der Waals surface area contributed by atoms with Crippen LogP contribution in [0.3, 0.4) is 0 Å². The summed E-state index contributed by atoms with van der Waals surface area (Å²) in [6.45, 7) is 6.04. The lowest BCUT2D eigenvalue weighted by molar-refractivity contribution is -0.155. The number of esters is 1. The average molecular weight is 1140 g/mol. The smallest absolute Gasteiger partial charge is 0.460 e. The molecule has 6 N–H and O–H groups in total. The number of nitrogen functional groups attached to an aromatic ring is 2. The molecule has 0 atom stereocenters. The van der Waals surface area contributed by atoms with Crippen LogP contribution in [0.2, 0.25) is 0 Å². The van der Waals surface area contributed by atoms with Crippen LogP contribution in [0.15, 0.2) is 109 Å². The van der Waals surface area contributed by atoms with Crippen molar-refractivity contribution in [3.8, 4) is 22.3 Å². The molecule has 428 valence electrons. The van der Waals surface area contributed by atoms with Crippen LogP contribution in [0.4, 0.5) is 39.0 Å². The molecule has 2 amide bonds. The summed E-state index contributed by atoms with van der Waals surface area (Å²) in [6.07, 6.45) is -1.77. The van der Waals surface area contributed by atoms with Gasteiger partial charge in [-0.2, -0.15) is 0 Å². The van der Waals surface area contributed by atoms with Gasteiger partial charge >= 0.3 is 18.3 Å². The monoisotopic (exact) mass is 1140 g/mol. The van der Waals surface area contributed by atoms with Gasteiger partial charge in [0.15, 0.2) is 23.3 Å². The summed E-state index contributed by atoms with van der Waals surface area (Å²) in [5.41, 5.74) is 23.3. The Balaban J connectivity index is 0.000000202. The Morgan fingerprint density at radius 2 is 0.928 bits per heavy atom. The number of fused-ring (bicyclic) bond motifs is 4. The van der Waals surface area contributed by atoms with Gasteiger partial charge in [-0.3, -0.25) is 14.4 Å². The van der Waals surface area contributed by atoms with Crippen LogP contribution in [-0.4, -0.2) is 85.2 Å². The molecule has 0 radical (unpaired) electrons. The number of anilines is 2. The van der Waals surface area contributed by atoms with Gasteiger partial charge in [0.05, 0.1) is 17.6 Å². The summed E-state index contributed by atoms with van der Waals surface area (Å²) in [5, 5.41) is 0.750. The van der Waals surface area contributed by atoms with Crippen molar-refractivity contribution in [1.29, 1.82) is 0 Å². The first-order valence-corrected chi connectivity index (χ1v) is 26.1. The van der Waals surface area contributed by atoms with Gasteiger partial charge < -0.3 is 50.7 Å². The largest absolute Gasteiger partial charge is 0.508 e. The van der Waals surface area contributed by atoms with E-state index in [1.54, 1.807) is 67.0 Å². The number of benzene rings is 6. The molecule has 83 heavy (non-hydrogen) atoms.